The van der Waals surface area contributed by atoms with Gasteiger partial charge in [0.25, 0.3) is 5.91 Å². The molecule has 3 aromatic rings. The minimum absolute atomic E-state index is 0.0159. The first kappa shape index (κ1) is 24.8. The molecule has 0 bridgehead atoms. The van der Waals surface area contributed by atoms with Gasteiger partial charge in [-0.05, 0) is 42.5 Å². The van der Waals surface area contributed by atoms with Crippen molar-refractivity contribution in [3.63, 3.8) is 0 Å². The second-order valence-corrected chi connectivity index (χ2v) is 10.2. The Morgan fingerprint density at radius 3 is 2.66 bits per heavy atom. The van der Waals surface area contributed by atoms with Gasteiger partial charge in [-0.15, -0.1) is 11.3 Å². The molecule has 1 aliphatic heterocycles. The number of unbranched alkanes of at least 4 members (excludes halogenated alkanes) is 2. The first-order valence-corrected chi connectivity index (χ1v) is 13.1. The van der Waals surface area contributed by atoms with E-state index in [1.54, 1.807) is 42.6 Å². The number of aliphatic hydroxyl groups excluding tert-OH is 1. The van der Waals surface area contributed by atoms with E-state index >= 15 is 0 Å². The highest BCUT2D eigenvalue weighted by atomic mass is 32.1. The Morgan fingerprint density at radius 1 is 1.20 bits per heavy atom. The largest absolute Gasteiger partial charge is 0.503 e. The fourth-order valence-corrected chi connectivity index (χ4v) is 5.69. The number of aromatic nitrogens is 1. The highest BCUT2D eigenvalue weighted by molar-refractivity contribution is 7.17. The Labute approximate surface area is 211 Å². The topological polar surface area (TPSA) is 96.8 Å². The zero-order chi connectivity index (χ0) is 25.1. The molecule has 1 amide bonds. The number of hydrogen-bond acceptors (Lipinski definition) is 8. The van der Waals surface area contributed by atoms with Crippen molar-refractivity contribution in [2.45, 2.75) is 46.1 Å². The van der Waals surface area contributed by atoms with Crippen LogP contribution in [0.3, 0.4) is 0 Å². The minimum Gasteiger partial charge on any atom is -0.503 e. The SMILES string of the molecule is CCCCCOc1cccc(C2C(C(=O)c3cccs3)=C(O)C(=O)N2c2nc(C)c(C(C)=O)s2)c1. The van der Waals surface area contributed by atoms with E-state index in [0.29, 0.717) is 33.4 Å². The number of benzene rings is 1. The molecular formula is C26H26N2O5S2. The Morgan fingerprint density at radius 2 is 2.00 bits per heavy atom. The van der Waals surface area contributed by atoms with Crippen molar-refractivity contribution >= 4 is 45.3 Å². The van der Waals surface area contributed by atoms with Crippen LogP contribution in [0.25, 0.3) is 0 Å². The van der Waals surface area contributed by atoms with Crippen molar-refractivity contribution in [3.8, 4) is 5.75 Å². The van der Waals surface area contributed by atoms with Crippen molar-refractivity contribution in [1.29, 1.82) is 0 Å². The summed E-state index contributed by atoms with van der Waals surface area (Å²) in [6.45, 7) is 5.81. The van der Waals surface area contributed by atoms with Gasteiger partial charge in [-0.2, -0.15) is 0 Å². The molecular weight excluding hydrogens is 484 g/mol. The Bertz CT molecular complexity index is 1290. The summed E-state index contributed by atoms with van der Waals surface area (Å²) in [6, 6.07) is 9.67. The van der Waals surface area contributed by atoms with Crippen LogP contribution >= 0.6 is 22.7 Å². The zero-order valence-electron chi connectivity index (χ0n) is 19.7. The Kier molecular flexibility index (Phi) is 7.47. The Hall–Kier alpha value is -3.30. The lowest BCUT2D eigenvalue weighted by Crippen LogP contribution is -2.31. The van der Waals surface area contributed by atoms with Gasteiger partial charge in [0.2, 0.25) is 5.78 Å². The molecule has 3 heterocycles. The number of aliphatic hydroxyl groups is 1. The summed E-state index contributed by atoms with van der Waals surface area (Å²) in [4.78, 5) is 45.4. The van der Waals surface area contributed by atoms with Crippen LogP contribution in [0.2, 0.25) is 0 Å². The maximum atomic E-state index is 13.4. The average Bonchev–Trinajstić information content (AvgIpc) is 3.56. The van der Waals surface area contributed by atoms with E-state index in [4.69, 9.17) is 4.74 Å². The maximum Gasteiger partial charge on any atom is 0.296 e. The summed E-state index contributed by atoms with van der Waals surface area (Å²) >= 11 is 2.31. The number of rotatable bonds is 10. The van der Waals surface area contributed by atoms with E-state index in [-0.39, 0.29) is 16.5 Å². The molecule has 1 N–H and O–H groups in total. The maximum absolute atomic E-state index is 13.4. The molecule has 9 heteroatoms. The molecule has 35 heavy (non-hydrogen) atoms. The van der Waals surface area contributed by atoms with Gasteiger partial charge >= 0.3 is 0 Å². The molecule has 2 aromatic heterocycles. The van der Waals surface area contributed by atoms with Gasteiger partial charge in [-0.1, -0.05) is 49.3 Å². The number of nitrogens with zero attached hydrogens (tertiary/aromatic N) is 2. The molecule has 1 unspecified atom stereocenters. The van der Waals surface area contributed by atoms with Crippen LogP contribution in [0.4, 0.5) is 5.13 Å². The normalized spacial score (nSPS) is 15.7. The summed E-state index contributed by atoms with van der Waals surface area (Å²) in [5.41, 5.74) is 1.08. The van der Waals surface area contributed by atoms with E-state index in [1.807, 2.05) is 6.07 Å². The molecule has 0 aliphatic carbocycles. The third-order valence-corrected chi connectivity index (χ3v) is 7.83. The lowest BCUT2D eigenvalue weighted by Gasteiger charge is -2.24. The number of carbonyl (C=O) groups excluding carboxylic acids is 3. The van der Waals surface area contributed by atoms with Gasteiger partial charge in [-0.3, -0.25) is 19.3 Å². The standard InChI is InChI=1S/C26H26N2O5S2/c1-4-5-6-12-33-18-10-7-9-17(14-18)21-20(22(30)19-11-8-13-34-19)23(31)25(32)28(21)26-27-15(2)24(35-26)16(3)29/h7-11,13-14,21,31H,4-6,12H2,1-3H3. The van der Waals surface area contributed by atoms with Gasteiger partial charge in [0.15, 0.2) is 16.7 Å². The van der Waals surface area contributed by atoms with Crippen LogP contribution in [-0.4, -0.2) is 34.2 Å². The Balaban J connectivity index is 1.79. The summed E-state index contributed by atoms with van der Waals surface area (Å²) in [7, 11) is 0. The van der Waals surface area contributed by atoms with Gasteiger partial charge in [0, 0.05) is 6.92 Å². The molecule has 0 fully saturated rings. The number of thiophene rings is 1. The highest BCUT2D eigenvalue weighted by Crippen LogP contribution is 2.44. The number of hydrogen-bond donors (Lipinski definition) is 1. The lowest BCUT2D eigenvalue weighted by molar-refractivity contribution is -0.117. The fourth-order valence-electron chi connectivity index (χ4n) is 4.02. The van der Waals surface area contributed by atoms with Crippen LogP contribution in [0.5, 0.6) is 5.75 Å². The molecule has 1 aromatic carbocycles. The third kappa shape index (κ3) is 4.92. The number of Topliss-reactive ketones (excluding diaryl/α,β-unsaturated/α-hetero) is 2. The second kappa shape index (κ2) is 10.5. The summed E-state index contributed by atoms with van der Waals surface area (Å²) < 4.78 is 5.90. The smallest absolute Gasteiger partial charge is 0.296 e. The summed E-state index contributed by atoms with van der Waals surface area (Å²) in [5, 5.41) is 12.9. The molecule has 0 spiro atoms. The van der Waals surface area contributed by atoms with Crippen molar-refractivity contribution < 1.29 is 24.2 Å². The highest BCUT2D eigenvalue weighted by Gasteiger charge is 2.46. The van der Waals surface area contributed by atoms with Crippen LogP contribution < -0.4 is 9.64 Å². The first-order valence-electron chi connectivity index (χ1n) is 11.4. The van der Waals surface area contributed by atoms with Gasteiger partial charge in [-0.25, -0.2) is 4.98 Å². The van der Waals surface area contributed by atoms with Crippen molar-refractivity contribution in [2.24, 2.45) is 0 Å². The number of aryl methyl sites for hydroxylation is 1. The van der Waals surface area contributed by atoms with E-state index in [1.165, 1.54) is 23.2 Å². The van der Waals surface area contributed by atoms with Crippen molar-refractivity contribution in [2.75, 3.05) is 11.5 Å². The summed E-state index contributed by atoms with van der Waals surface area (Å²) in [5.74, 6) is -1.32. The van der Waals surface area contributed by atoms with Gasteiger partial charge < -0.3 is 9.84 Å². The van der Waals surface area contributed by atoms with Gasteiger partial charge in [0.1, 0.15) is 5.75 Å². The quantitative estimate of drug-likeness (QED) is 0.263. The first-order chi connectivity index (χ1) is 16.8. The van der Waals surface area contributed by atoms with E-state index in [9.17, 15) is 19.5 Å². The number of ether oxygens (including phenoxy) is 1. The molecule has 4 rings (SSSR count). The monoisotopic (exact) mass is 510 g/mol. The van der Waals surface area contributed by atoms with E-state index < -0.39 is 23.5 Å². The molecule has 182 valence electrons. The molecule has 0 radical (unpaired) electrons. The van der Waals surface area contributed by atoms with Crippen molar-refractivity contribution in [3.05, 3.63) is 74.1 Å². The lowest BCUT2D eigenvalue weighted by atomic mass is 9.95. The van der Waals surface area contributed by atoms with E-state index in [0.717, 1.165) is 30.6 Å². The van der Waals surface area contributed by atoms with Crippen LogP contribution in [0.15, 0.2) is 53.1 Å². The number of anilines is 1. The number of amides is 1. The summed E-state index contributed by atoms with van der Waals surface area (Å²) in [6.07, 6.45) is 3.06. The van der Waals surface area contributed by atoms with Crippen LogP contribution in [0, 0.1) is 6.92 Å². The zero-order valence-corrected chi connectivity index (χ0v) is 21.4. The predicted molar refractivity (Wildman–Crippen MR) is 137 cm³/mol. The molecule has 7 nitrogen and oxygen atoms in total. The van der Waals surface area contributed by atoms with Crippen LogP contribution in [0.1, 0.15) is 69.8 Å². The van der Waals surface area contributed by atoms with Crippen molar-refractivity contribution in [1.82, 2.24) is 4.98 Å². The van der Waals surface area contributed by atoms with E-state index in [2.05, 4.69) is 11.9 Å². The predicted octanol–water partition coefficient (Wildman–Crippen LogP) is 6.07. The van der Waals surface area contributed by atoms with Crippen LogP contribution in [-0.2, 0) is 4.79 Å². The minimum atomic E-state index is -0.915. The number of ketones is 2. The number of thiazole rings is 1. The third-order valence-electron chi connectivity index (χ3n) is 5.70. The fraction of sp³-hybridized carbons (Fsp3) is 0.308. The molecule has 0 saturated carbocycles. The number of carbonyl (C=O) groups is 3. The molecule has 1 atom stereocenters. The average molecular weight is 511 g/mol. The second-order valence-electron chi connectivity index (χ2n) is 8.24. The van der Waals surface area contributed by atoms with Gasteiger partial charge in [0.05, 0.1) is 33.7 Å². The molecule has 0 saturated heterocycles. The molecule has 1 aliphatic rings.